The quantitative estimate of drug-likeness (QED) is 0.571. The van der Waals surface area contributed by atoms with Gasteiger partial charge in [0.05, 0.1) is 24.8 Å². The van der Waals surface area contributed by atoms with Crippen LogP contribution in [0.4, 0.5) is 0 Å². The number of fused-ring (bicyclic) bond motifs is 2. The largest absolute Gasteiger partial charge is 0.390 e. The Balaban J connectivity index is 1.67. The minimum atomic E-state index is -0.643. The molecule has 0 radical (unpaired) electrons. The van der Waals surface area contributed by atoms with Crippen LogP contribution in [0.1, 0.15) is 6.92 Å². The Morgan fingerprint density at radius 1 is 1.32 bits per heavy atom. The fourth-order valence-electron chi connectivity index (χ4n) is 3.15. The lowest BCUT2D eigenvalue weighted by atomic mass is 9.95. The molecule has 0 aromatic heterocycles. The molecule has 3 aliphatic heterocycles. The van der Waals surface area contributed by atoms with Gasteiger partial charge in [0.1, 0.15) is 6.10 Å². The molecule has 3 heterocycles. The van der Waals surface area contributed by atoms with E-state index in [1.165, 1.54) is 0 Å². The number of aliphatic hydroxyl groups is 1. The second-order valence-electron chi connectivity index (χ2n) is 5.48. The van der Waals surface area contributed by atoms with E-state index in [1.807, 2.05) is 4.90 Å². The number of rotatable bonds is 1. The molecule has 7 nitrogen and oxygen atoms in total. The van der Waals surface area contributed by atoms with Gasteiger partial charge in [-0.15, -0.1) is 0 Å². The molecule has 0 aliphatic carbocycles. The van der Waals surface area contributed by atoms with Gasteiger partial charge in [-0.05, 0) is 0 Å². The molecule has 3 N–H and O–H groups in total. The van der Waals surface area contributed by atoms with Gasteiger partial charge in [-0.3, -0.25) is 9.69 Å². The first-order chi connectivity index (χ1) is 9.08. The van der Waals surface area contributed by atoms with Crippen LogP contribution in [0, 0.1) is 0 Å². The first-order valence-corrected chi connectivity index (χ1v) is 6.78. The van der Waals surface area contributed by atoms with Crippen molar-refractivity contribution in [3.63, 3.8) is 0 Å². The molecule has 0 aromatic rings. The zero-order chi connectivity index (χ0) is 13.6. The second kappa shape index (κ2) is 4.99. The van der Waals surface area contributed by atoms with Crippen molar-refractivity contribution in [1.82, 2.24) is 9.80 Å². The summed E-state index contributed by atoms with van der Waals surface area (Å²) in [6, 6.07) is -0.641. The summed E-state index contributed by atoms with van der Waals surface area (Å²) in [6.07, 6.45) is -1.24. The standard InChI is InChI=1S/C12H21N3O4/c1-7(16)14-2-4-15(5-3-14)10-11(17)9(13)8-6-18-12(10)19-8/h8-12,17H,2-6,13H2,1H3/t8-,9-,10-,11+,12-/m1/s1. The number of ether oxygens (including phenoxy) is 2. The van der Waals surface area contributed by atoms with Crippen molar-refractivity contribution < 1.29 is 19.4 Å². The Hall–Kier alpha value is -0.730. The van der Waals surface area contributed by atoms with Gasteiger partial charge in [-0.1, -0.05) is 0 Å². The number of hydrogen-bond acceptors (Lipinski definition) is 6. The molecule has 19 heavy (non-hydrogen) atoms. The lowest BCUT2D eigenvalue weighted by Crippen LogP contribution is -2.65. The third-order valence-corrected chi connectivity index (χ3v) is 4.37. The van der Waals surface area contributed by atoms with E-state index in [0.29, 0.717) is 32.8 Å². The Morgan fingerprint density at radius 3 is 2.63 bits per heavy atom. The molecule has 0 spiro atoms. The Labute approximate surface area is 112 Å². The van der Waals surface area contributed by atoms with Crippen LogP contribution in [-0.4, -0.2) is 84.2 Å². The average molecular weight is 271 g/mol. The van der Waals surface area contributed by atoms with E-state index in [1.54, 1.807) is 6.92 Å². The molecule has 108 valence electrons. The highest BCUT2D eigenvalue weighted by atomic mass is 16.7. The molecule has 3 rings (SSSR count). The molecule has 0 unspecified atom stereocenters. The van der Waals surface area contributed by atoms with Gasteiger partial charge in [0.2, 0.25) is 5.91 Å². The number of carbonyl (C=O) groups is 1. The Bertz CT molecular complexity index is 359. The van der Waals surface area contributed by atoms with Crippen LogP contribution in [0.25, 0.3) is 0 Å². The van der Waals surface area contributed by atoms with Crippen LogP contribution in [-0.2, 0) is 14.3 Å². The highest BCUT2D eigenvalue weighted by Crippen LogP contribution is 2.30. The molecule has 2 bridgehead atoms. The molecular weight excluding hydrogens is 250 g/mol. The predicted octanol–water partition coefficient (Wildman–Crippen LogP) is -2.04. The SMILES string of the molecule is CC(=O)N1CCN([C@H]2[C@@H]3OC[C@@H](O3)[C@@H](N)[C@@H]2O)CC1. The van der Waals surface area contributed by atoms with Crippen LogP contribution in [0.2, 0.25) is 0 Å². The van der Waals surface area contributed by atoms with Crippen LogP contribution >= 0.6 is 0 Å². The van der Waals surface area contributed by atoms with Crippen molar-refractivity contribution in [3.8, 4) is 0 Å². The maximum Gasteiger partial charge on any atom is 0.219 e. The van der Waals surface area contributed by atoms with E-state index in [2.05, 4.69) is 4.90 Å². The minimum absolute atomic E-state index is 0.0916. The van der Waals surface area contributed by atoms with Crippen molar-refractivity contribution in [3.05, 3.63) is 0 Å². The molecule has 3 fully saturated rings. The van der Waals surface area contributed by atoms with E-state index in [4.69, 9.17) is 15.2 Å². The normalized spacial score (nSPS) is 43.5. The highest BCUT2D eigenvalue weighted by Gasteiger charge is 2.51. The zero-order valence-corrected chi connectivity index (χ0v) is 11.1. The number of piperazine rings is 1. The molecule has 3 saturated heterocycles. The van der Waals surface area contributed by atoms with Crippen molar-refractivity contribution in [1.29, 1.82) is 0 Å². The van der Waals surface area contributed by atoms with Crippen LogP contribution in [0.15, 0.2) is 0 Å². The summed E-state index contributed by atoms with van der Waals surface area (Å²) in [5.74, 6) is 0.0916. The number of amides is 1. The number of nitrogens with zero attached hydrogens (tertiary/aromatic N) is 2. The summed E-state index contributed by atoms with van der Waals surface area (Å²) in [5, 5.41) is 10.3. The lowest BCUT2D eigenvalue weighted by molar-refractivity contribution is -0.182. The van der Waals surface area contributed by atoms with Crippen molar-refractivity contribution in [2.75, 3.05) is 32.8 Å². The van der Waals surface area contributed by atoms with E-state index in [9.17, 15) is 9.90 Å². The van der Waals surface area contributed by atoms with E-state index < -0.39 is 18.4 Å². The predicted molar refractivity (Wildman–Crippen MR) is 66.2 cm³/mol. The van der Waals surface area contributed by atoms with E-state index >= 15 is 0 Å². The van der Waals surface area contributed by atoms with Crippen molar-refractivity contribution >= 4 is 5.91 Å². The zero-order valence-electron chi connectivity index (χ0n) is 11.1. The lowest BCUT2D eigenvalue weighted by Gasteiger charge is -2.45. The highest BCUT2D eigenvalue weighted by molar-refractivity contribution is 5.73. The third kappa shape index (κ3) is 2.25. The molecule has 5 atom stereocenters. The number of nitrogens with two attached hydrogens (primary N) is 1. The van der Waals surface area contributed by atoms with Crippen LogP contribution in [0.5, 0.6) is 0 Å². The molecular formula is C12H21N3O4. The summed E-state index contributed by atoms with van der Waals surface area (Å²) >= 11 is 0. The Morgan fingerprint density at radius 2 is 2.00 bits per heavy atom. The van der Waals surface area contributed by atoms with Gasteiger partial charge in [-0.25, -0.2) is 0 Å². The first kappa shape index (κ1) is 13.3. The minimum Gasteiger partial charge on any atom is -0.390 e. The molecule has 7 heteroatoms. The van der Waals surface area contributed by atoms with Gasteiger partial charge in [0, 0.05) is 33.1 Å². The van der Waals surface area contributed by atoms with Gasteiger partial charge in [0.15, 0.2) is 6.29 Å². The third-order valence-electron chi connectivity index (χ3n) is 4.37. The first-order valence-electron chi connectivity index (χ1n) is 6.78. The van der Waals surface area contributed by atoms with Crippen molar-refractivity contribution in [2.45, 2.75) is 37.5 Å². The maximum atomic E-state index is 11.3. The van der Waals surface area contributed by atoms with Gasteiger partial charge in [0.25, 0.3) is 0 Å². The van der Waals surface area contributed by atoms with Gasteiger partial charge in [-0.2, -0.15) is 0 Å². The number of hydrogen-bond donors (Lipinski definition) is 2. The monoisotopic (exact) mass is 271 g/mol. The molecule has 1 amide bonds. The molecule has 0 aromatic carbocycles. The van der Waals surface area contributed by atoms with Crippen LogP contribution < -0.4 is 5.73 Å². The summed E-state index contributed by atoms with van der Waals surface area (Å²) in [5.41, 5.74) is 5.99. The summed E-state index contributed by atoms with van der Waals surface area (Å²) in [7, 11) is 0. The average Bonchev–Trinajstić information content (AvgIpc) is 2.83. The summed E-state index contributed by atoms with van der Waals surface area (Å²) in [4.78, 5) is 15.2. The fourth-order valence-corrected chi connectivity index (χ4v) is 3.15. The molecule has 3 aliphatic rings. The number of aliphatic hydroxyl groups excluding tert-OH is 1. The molecule has 0 saturated carbocycles. The smallest absolute Gasteiger partial charge is 0.219 e. The van der Waals surface area contributed by atoms with Crippen molar-refractivity contribution in [2.24, 2.45) is 5.73 Å². The van der Waals surface area contributed by atoms with Crippen LogP contribution in [0.3, 0.4) is 0 Å². The topological polar surface area (TPSA) is 88.3 Å². The fraction of sp³-hybridized carbons (Fsp3) is 0.917. The Kier molecular flexibility index (Phi) is 3.48. The van der Waals surface area contributed by atoms with E-state index in [0.717, 1.165) is 0 Å². The van der Waals surface area contributed by atoms with Gasteiger partial charge >= 0.3 is 0 Å². The summed E-state index contributed by atoms with van der Waals surface area (Å²) in [6.45, 7) is 4.79. The maximum absolute atomic E-state index is 11.3. The van der Waals surface area contributed by atoms with Gasteiger partial charge < -0.3 is 25.2 Å². The summed E-state index contributed by atoms with van der Waals surface area (Å²) < 4.78 is 11.3. The second-order valence-corrected chi connectivity index (χ2v) is 5.48. The van der Waals surface area contributed by atoms with E-state index in [-0.39, 0.29) is 18.1 Å². The number of carbonyl (C=O) groups excluding carboxylic acids is 1.